The van der Waals surface area contributed by atoms with E-state index in [1.165, 1.54) is 17.0 Å². The number of halogens is 1. The van der Waals surface area contributed by atoms with Crippen molar-refractivity contribution in [2.45, 2.75) is 19.3 Å². The molecule has 17 heavy (non-hydrogen) atoms. The third-order valence-electron chi connectivity index (χ3n) is 2.68. The molecular formula is C11H11BrN4S. The molecule has 0 atom stereocenters. The number of nitrogens with two attached hydrogens (primary N) is 1. The van der Waals surface area contributed by atoms with E-state index in [1.807, 2.05) is 6.07 Å². The minimum Gasteiger partial charge on any atom is -0.397 e. The Kier molecular flexibility index (Phi) is 2.76. The molecule has 0 bridgehead atoms. The van der Waals surface area contributed by atoms with Gasteiger partial charge in [-0.25, -0.2) is 9.97 Å². The summed E-state index contributed by atoms with van der Waals surface area (Å²) in [5, 5.41) is 4.13. The molecule has 0 unspecified atom stereocenters. The van der Waals surface area contributed by atoms with E-state index >= 15 is 0 Å². The highest BCUT2D eigenvalue weighted by atomic mass is 79.9. The maximum absolute atomic E-state index is 5.65. The molecular weight excluding hydrogens is 300 g/mol. The Labute approximate surface area is 111 Å². The molecule has 88 valence electrons. The number of pyridine rings is 1. The van der Waals surface area contributed by atoms with Gasteiger partial charge in [-0.3, -0.25) is 0 Å². The highest BCUT2D eigenvalue weighted by Gasteiger charge is 2.17. The van der Waals surface area contributed by atoms with Crippen LogP contribution in [0.25, 0.3) is 0 Å². The normalized spacial score (nSPS) is 13.7. The second kappa shape index (κ2) is 4.27. The number of hydrogen-bond donors (Lipinski definition) is 2. The zero-order chi connectivity index (χ0) is 11.8. The van der Waals surface area contributed by atoms with Crippen LogP contribution in [0.15, 0.2) is 16.7 Å². The molecule has 0 radical (unpaired) electrons. The largest absolute Gasteiger partial charge is 0.397 e. The van der Waals surface area contributed by atoms with Gasteiger partial charge in [0.2, 0.25) is 0 Å². The lowest BCUT2D eigenvalue weighted by Gasteiger charge is -2.04. The molecule has 0 spiro atoms. The summed E-state index contributed by atoms with van der Waals surface area (Å²) in [6.45, 7) is 0. The van der Waals surface area contributed by atoms with Crippen LogP contribution < -0.4 is 11.1 Å². The van der Waals surface area contributed by atoms with Crippen LogP contribution in [0.2, 0.25) is 0 Å². The molecule has 2 heterocycles. The summed E-state index contributed by atoms with van der Waals surface area (Å²) in [6, 6.07) is 1.83. The molecule has 2 aromatic rings. The van der Waals surface area contributed by atoms with E-state index in [0.29, 0.717) is 5.69 Å². The smallest absolute Gasteiger partial charge is 0.188 e. The lowest BCUT2D eigenvalue weighted by atomic mass is 10.4. The van der Waals surface area contributed by atoms with Crippen molar-refractivity contribution < 1.29 is 0 Å². The van der Waals surface area contributed by atoms with Crippen molar-refractivity contribution in [1.82, 2.24) is 9.97 Å². The molecule has 0 fully saturated rings. The zero-order valence-corrected chi connectivity index (χ0v) is 11.4. The van der Waals surface area contributed by atoms with Crippen molar-refractivity contribution in [3.05, 3.63) is 27.3 Å². The number of fused-ring (bicyclic) bond motifs is 1. The highest BCUT2D eigenvalue weighted by molar-refractivity contribution is 9.10. The van der Waals surface area contributed by atoms with Gasteiger partial charge in [-0.2, -0.15) is 0 Å². The Morgan fingerprint density at radius 3 is 3.06 bits per heavy atom. The number of nitrogens with one attached hydrogen (secondary N) is 1. The van der Waals surface area contributed by atoms with Gasteiger partial charge in [-0.15, -0.1) is 11.3 Å². The number of thiazole rings is 1. The van der Waals surface area contributed by atoms with Gasteiger partial charge in [0.25, 0.3) is 0 Å². The average molecular weight is 311 g/mol. The van der Waals surface area contributed by atoms with Gasteiger partial charge >= 0.3 is 0 Å². The molecule has 0 aliphatic heterocycles. The molecule has 1 aliphatic rings. The van der Waals surface area contributed by atoms with Crippen LogP contribution in [-0.2, 0) is 12.8 Å². The SMILES string of the molecule is Nc1cnc(Nc2nc3c(s2)CCC3)c(Br)c1. The lowest BCUT2D eigenvalue weighted by Crippen LogP contribution is -1.96. The van der Waals surface area contributed by atoms with Gasteiger partial charge in [0.1, 0.15) is 5.82 Å². The second-order valence-electron chi connectivity index (χ2n) is 3.97. The third kappa shape index (κ3) is 2.14. The summed E-state index contributed by atoms with van der Waals surface area (Å²) in [5.41, 5.74) is 7.53. The number of anilines is 3. The molecule has 2 aromatic heterocycles. The van der Waals surface area contributed by atoms with Crippen molar-refractivity contribution in [1.29, 1.82) is 0 Å². The molecule has 1 aliphatic carbocycles. The maximum Gasteiger partial charge on any atom is 0.188 e. The predicted octanol–water partition coefficient (Wildman–Crippen LogP) is 3.12. The first kappa shape index (κ1) is 11.0. The number of aryl methyl sites for hydroxylation is 2. The van der Waals surface area contributed by atoms with Crippen molar-refractivity contribution in [3.63, 3.8) is 0 Å². The summed E-state index contributed by atoms with van der Waals surface area (Å²) in [5.74, 6) is 0.756. The molecule has 0 amide bonds. The quantitative estimate of drug-likeness (QED) is 0.894. The topological polar surface area (TPSA) is 63.8 Å². The first-order valence-corrected chi connectivity index (χ1v) is 7.00. The molecule has 0 saturated carbocycles. The van der Waals surface area contributed by atoms with Crippen LogP contribution in [0, 0.1) is 0 Å². The van der Waals surface area contributed by atoms with E-state index in [2.05, 4.69) is 31.2 Å². The highest BCUT2D eigenvalue weighted by Crippen LogP contribution is 2.33. The van der Waals surface area contributed by atoms with Crippen molar-refractivity contribution >= 4 is 43.9 Å². The van der Waals surface area contributed by atoms with Crippen LogP contribution in [0.1, 0.15) is 17.0 Å². The number of rotatable bonds is 2. The summed E-state index contributed by atoms with van der Waals surface area (Å²) >= 11 is 5.15. The zero-order valence-electron chi connectivity index (χ0n) is 9.03. The van der Waals surface area contributed by atoms with Crippen LogP contribution in [0.5, 0.6) is 0 Å². The van der Waals surface area contributed by atoms with Crippen molar-refractivity contribution in [3.8, 4) is 0 Å². The number of aromatic nitrogens is 2. The standard InChI is InChI=1S/C11H11BrN4S/c12-7-4-6(13)5-14-10(7)16-11-15-8-2-1-3-9(8)17-11/h4-5H,1-3,13H2,(H,14,15,16). The van der Waals surface area contributed by atoms with E-state index < -0.39 is 0 Å². The summed E-state index contributed by atoms with van der Waals surface area (Å²) in [4.78, 5) is 10.2. The van der Waals surface area contributed by atoms with Crippen molar-refractivity contribution in [2.75, 3.05) is 11.1 Å². The van der Waals surface area contributed by atoms with E-state index in [9.17, 15) is 0 Å². The minimum absolute atomic E-state index is 0.643. The molecule has 0 saturated heterocycles. The van der Waals surface area contributed by atoms with E-state index in [-0.39, 0.29) is 0 Å². The Morgan fingerprint density at radius 1 is 1.41 bits per heavy atom. The second-order valence-corrected chi connectivity index (χ2v) is 5.90. The fourth-order valence-corrected chi connectivity index (χ4v) is 3.40. The van der Waals surface area contributed by atoms with Gasteiger partial charge < -0.3 is 11.1 Å². The molecule has 0 aromatic carbocycles. The third-order valence-corrected chi connectivity index (χ3v) is 4.36. The molecule has 3 rings (SSSR count). The van der Waals surface area contributed by atoms with E-state index in [0.717, 1.165) is 28.3 Å². The first-order valence-electron chi connectivity index (χ1n) is 5.39. The molecule has 3 N–H and O–H groups in total. The Bertz CT molecular complexity index is 545. The van der Waals surface area contributed by atoms with Crippen LogP contribution in [0.3, 0.4) is 0 Å². The summed E-state index contributed by atoms with van der Waals surface area (Å²) < 4.78 is 0.854. The minimum atomic E-state index is 0.643. The fourth-order valence-electron chi connectivity index (χ4n) is 1.89. The fraction of sp³-hybridized carbons (Fsp3) is 0.273. The average Bonchev–Trinajstić information content (AvgIpc) is 2.82. The first-order chi connectivity index (χ1) is 8.22. The monoisotopic (exact) mass is 310 g/mol. The van der Waals surface area contributed by atoms with Gasteiger partial charge in [-0.1, -0.05) is 0 Å². The predicted molar refractivity (Wildman–Crippen MR) is 73.8 cm³/mol. The Morgan fingerprint density at radius 2 is 2.29 bits per heavy atom. The van der Waals surface area contributed by atoms with Gasteiger partial charge in [0.05, 0.1) is 22.1 Å². The summed E-state index contributed by atoms with van der Waals surface area (Å²) in [7, 11) is 0. The lowest BCUT2D eigenvalue weighted by molar-refractivity contribution is 0.900. The Balaban J connectivity index is 1.86. The maximum atomic E-state index is 5.65. The number of nitrogen functional groups attached to an aromatic ring is 1. The van der Waals surface area contributed by atoms with Crippen LogP contribution in [-0.4, -0.2) is 9.97 Å². The van der Waals surface area contributed by atoms with Gasteiger partial charge in [0.15, 0.2) is 5.13 Å². The summed E-state index contributed by atoms with van der Waals surface area (Å²) in [6.07, 6.45) is 5.13. The molecule has 4 nitrogen and oxygen atoms in total. The van der Waals surface area contributed by atoms with E-state index in [1.54, 1.807) is 17.5 Å². The van der Waals surface area contributed by atoms with Gasteiger partial charge in [-0.05, 0) is 41.3 Å². The number of hydrogen-bond acceptors (Lipinski definition) is 5. The van der Waals surface area contributed by atoms with E-state index in [4.69, 9.17) is 5.73 Å². The van der Waals surface area contributed by atoms with Crippen molar-refractivity contribution in [2.24, 2.45) is 0 Å². The number of nitrogens with zero attached hydrogens (tertiary/aromatic N) is 2. The van der Waals surface area contributed by atoms with Gasteiger partial charge in [0, 0.05) is 4.88 Å². The Hall–Kier alpha value is -1.14. The van der Waals surface area contributed by atoms with Crippen LogP contribution in [0.4, 0.5) is 16.6 Å². The molecule has 6 heteroatoms. The van der Waals surface area contributed by atoms with Crippen LogP contribution >= 0.6 is 27.3 Å².